The SMILES string of the molecule is CC(C)c1ccc(CN(Cc2ccccc2)C(=S)Nc2ccc(Cl)cc2)cc1. The van der Waals surface area contributed by atoms with Crippen molar-refractivity contribution in [3.05, 3.63) is 101 Å². The predicted octanol–water partition coefficient (Wildman–Crippen LogP) is 6.86. The fourth-order valence-corrected chi connectivity index (χ4v) is 3.34. The van der Waals surface area contributed by atoms with E-state index in [9.17, 15) is 0 Å². The van der Waals surface area contributed by atoms with E-state index in [1.54, 1.807) is 0 Å². The van der Waals surface area contributed by atoms with Crippen molar-refractivity contribution in [2.45, 2.75) is 32.9 Å². The van der Waals surface area contributed by atoms with Crippen LogP contribution in [0.4, 0.5) is 5.69 Å². The van der Waals surface area contributed by atoms with Crippen molar-refractivity contribution in [2.75, 3.05) is 5.32 Å². The van der Waals surface area contributed by atoms with Gasteiger partial charge in [-0.2, -0.15) is 0 Å². The lowest BCUT2D eigenvalue weighted by Gasteiger charge is -2.26. The van der Waals surface area contributed by atoms with Crippen molar-refractivity contribution in [1.82, 2.24) is 4.90 Å². The summed E-state index contributed by atoms with van der Waals surface area (Å²) in [6.07, 6.45) is 0. The second-order valence-corrected chi connectivity index (χ2v) is 8.00. The van der Waals surface area contributed by atoms with Crippen LogP contribution in [-0.4, -0.2) is 10.0 Å². The summed E-state index contributed by atoms with van der Waals surface area (Å²) in [4.78, 5) is 2.18. The van der Waals surface area contributed by atoms with E-state index in [2.05, 4.69) is 72.6 Å². The Morgan fingerprint density at radius 1 is 0.857 bits per heavy atom. The Bertz CT molecular complexity index is 890. The Morgan fingerprint density at radius 2 is 1.43 bits per heavy atom. The molecule has 3 aromatic rings. The molecule has 0 amide bonds. The molecule has 0 saturated carbocycles. The molecule has 0 aliphatic carbocycles. The predicted molar refractivity (Wildman–Crippen MR) is 124 cm³/mol. The maximum absolute atomic E-state index is 5.99. The minimum atomic E-state index is 0.530. The average molecular weight is 409 g/mol. The summed E-state index contributed by atoms with van der Waals surface area (Å²) in [6, 6.07) is 26.8. The third kappa shape index (κ3) is 5.82. The lowest BCUT2D eigenvalue weighted by Crippen LogP contribution is -2.33. The highest BCUT2D eigenvalue weighted by atomic mass is 35.5. The zero-order valence-corrected chi connectivity index (χ0v) is 17.8. The number of benzene rings is 3. The van der Waals surface area contributed by atoms with Crippen molar-refractivity contribution in [3.8, 4) is 0 Å². The monoisotopic (exact) mass is 408 g/mol. The zero-order chi connectivity index (χ0) is 19.9. The normalized spacial score (nSPS) is 10.7. The molecule has 0 bridgehead atoms. The van der Waals surface area contributed by atoms with Gasteiger partial charge in [-0.15, -0.1) is 0 Å². The Kier molecular flexibility index (Phi) is 7.07. The first kappa shape index (κ1) is 20.4. The van der Waals surface area contributed by atoms with Crippen LogP contribution < -0.4 is 5.32 Å². The van der Waals surface area contributed by atoms with Crippen molar-refractivity contribution in [2.24, 2.45) is 0 Å². The summed E-state index contributed by atoms with van der Waals surface area (Å²) in [5, 5.41) is 4.74. The van der Waals surface area contributed by atoms with E-state index in [1.807, 2.05) is 30.3 Å². The van der Waals surface area contributed by atoms with Gasteiger partial charge in [-0.05, 0) is 59.1 Å². The van der Waals surface area contributed by atoms with Crippen LogP contribution in [0.3, 0.4) is 0 Å². The average Bonchev–Trinajstić information content (AvgIpc) is 2.70. The van der Waals surface area contributed by atoms with Gasteiger partial charge in [-0.1, -0.05) is 80.0 Å². The molecule has 2 nitrogen and oxygen atoms in total. The van der Waals surface area contributed by atoms with Crippen LogP contribution in [0.1, 0.15) is 36.5 Å². The zero-order valence-electron chi connectivity index (χ0n) is 16.2. The number of halogens is 1. The number of rotatable bonds is 6. The standard InChI is InChI=1S/C24H25ClN2S/c1-18(2)21-10-8-20(9-11-21)17-27(16-19-6-4-3-5-7-19)24(28)26-23-14-12-22(25)13-15-23/h3-15,18H,16-17H2,1-2H3,(H,26,28). The molecule has 3 aromatic carbocycles. The molecule has 0 spiro atoms. The molecule has 0 aromatic heterocycles. The molecule has 3 rings (SSSR count). The highest BCUT2D eigenvalue weighted by Gasteiger charge is 2.12. The Hall–Kier alpha value is -2.36. The first-order valence-corrected chi connectivity index (χ1v) is 10.2. The first-order chi connectivity index (χ1) is 13.5. The summed E-state index contributed by atoms with van der Waals surface area (Å²) in [6.45, 7) is 5.91. The molecule has 0 unspecified atom stereocenters. The molecule has 144 valence electrons. The lowest BCUT2D eigenvalue weighted by molar-refractivity contribution is 0.413. The van der Waals surface area contributed by atoms with Gasteiger partial charge in [-0.25, -0.2) is 0 Å². The van der Waals surface area contributed by atoms with E-state index < -0.39 is 0 Å². The van der Waals surface area contributed by atoms with Gasteiger partial charge >= 0.3 is 0 Å². The third-order valence-corrected chi connectivity index (χ3v) is 5.23. The number of nitrogens with zero attached hydrogens (tertiary/aromatic N) is 1. The highest BCUT2D eigenvalue weighted by molar-refractivity contribution is 7.80. The summed E-state index contributed by atoms with van der Waals surface area (Å²) in [5.41, 5.74) is 4.74. The van der Waals surface area contributed by atoms with E-state index in [-0.39, 0.29) is 0 Å². The fourth-order valence-electron chi connectivity index (χ4n) is 2.97. The van der Waals surface area contributed by atoms with Crippen LogP contribution in [0, 0.1) is 0 Å². The molecule has 4 heteroatoms. The molecular formula is C24H25ClN2S. The summed E-state index contributed by atoms with van der Waals surface area (Å²) < 4.78 is 0. The highest BCUT2D eigenvalue weighted by Crippen LogP contribution is 2.18. The van der Waals surface area contributed by atoms with Gasteiger partial charge in [0, 0.05) is 23.8 Å². The summed E-state index contributed by atoms with van der Waals surface area (Å²) in [5.74, 6) is 0.530. The lowest BCUT2D eigenvalue weighted by atomic mass is 10.0. The number of hydrogen-bond donors (Lipinski definition) is 1. The van der Waals surface area contributed by atoms with Crippen molar-refractivity contribution in [3.63, 3.8) is 0 Å². The molecule has 0 atom stereocenters. The first-order valence-electron chi connectivity index (χ1n) is 9.45. The minimum Gasteiger partial charge on any atom is -0.340 e. The minimum absolute atomic E-state index is 0.530. The van der Waals surface area contributed by atoms with E-state index >= 15 is 0 Å². The van der Waals surface area contributed by atoms with Gasteiger partial charge in [0.1, 0.15) is 0 Å². The molecule has 28 heavy (non-hydrogen) atoms. The Balaban J connectivity index is 1.77. The van der Waals surface area contributed by atoms with E-state index in [0.717, 1.165) is 18.8 Å². The number of anilines is 1. The van der Waals surface area contributed by atoms with Crippen LogP contribution in [0.2, 0.25) is 5.02 Å². The van der Waals surface area contributed by atoms with Crippen molar-refractivity contribution < 1.29 is 0 Å². The number of thiocarbonyl (C=S) groups is 1. The molecule has 0 radical (unpaired) electrons. The smallest absolute Gasteiger partial charge is 0.174 e. The number of hydrogen-bond acceptors (Lipinski definition) is 1. The maximum Gasteiger partial charge on any atom is 0.174 e. The van der Waals surface area contributed by atoms with E-state index in [0.29, 0.717) is 16.1 Å². The molecule has 0 heterocycles. The van der Waals surface area contributed by atoms with Gasteiger partial charge < -0.3 is 10.2 Å². The second-order valence-electron chi connectivity index (χ2n) is 7.17. The molecular weight excluding hydrogens is 384 g/mol. The fraction of sp³-hybridized carbons (Fsp3) is 0.208. The number of nitrogens with one attached hydrogen (secondary N) is 1. The molecule has 0 aliphatic heterocycles. The summed E-state index contributed by atoms with van der Waals surface area (Å²) in [7, 11) is 0. The molecule has 0 saturated heterocycles. The summed E-state index contributed by atoms with van der Waals surface area (Å²) >= 11 is 11.7. The maximum atomic E-state index is 5.99. The van der Waals surface area contributed by atoms with Crippen LogP contribution >= 0.6 is 23.8 Å². The quantitative estimate of drug-likeness (QED) is 0.448. The van der Waals surface area contributed by atoms with Crippen LogP contribution in [0.15, 0.2) is 78.9 Å². The second kappa shape index (κ2) is 9.72. The topological polar surface area (TPSA) is 15.3 Å². The molecule has 0 aliphatic rings. The van der Waals surface area contributed by atoms with Gasteiger partial charge in [0.05, 0.1) is 0 Å². The molecule has 1 N–H and O–H groups in total. The largest absolute Gasteiger partial charge is 0.340 e. The van der Waals surface area contributed by atoms with Gasteiger partial charge in [0.25, 0.3) is 0 Å². The van der Waals surface area contributed by atoms with Gasteiger partial charge in [-0.3, -0.25) is 0 Å². The third-order valence-electron chi connectivity index (χ3n) is 4.62. The van der Waals surface area contributed by atoms with Crippen LogP contribution in [0.25, 0.3) is 0 Å². The van der Waals surface area contributed by atoms with E-state index in [1.165, 1.54) is 16.7 Å². The molecule has 0 fully saturated rings. The Morgan fingerprint density at radius 3 is 2.00 bits per heavy atom. The van der Waals surface area contributed by atoms with Crippen LogP contribution in [0.5, 0.6) is 0 Å². The van der Waals surface area contributed by atoms with Crippen molar-refractivity contribution in [1.29, 1.82) is 0 Å². The van der Waals surface area contributed by atoms with E-state index in [4.69, 9.17) is 23.8 Å². The Labute approximate surface area is 178 Å². The van der Waals surface area contributed by atoms with Gasteiger partial charge in [0.2, 0.25) is 0 Å². The van der Waals surface area contributed by atoms with Crippen LogP contribution in [-0.2, 0) is 13.1 Å². The van der Waals surface area contributed by atoms with Crippen molar-refractivity contribution >= 4 is 34.6 Å². The van der Waals surface area contributed by atoms with Gasteiger partial charge in [0.15, 0.2) is 5.11 Å².